The molecule has 0 unspecified atom stereocenters. The zero-order valence-electron chi connectivity index (χ0n) is 7.04. The van der Waals surface area contributed by atoms with Crippen LogP contribution in [0, 0.1) is 0 Å². The largest absolute Gasteiger partial charge is 0.465 e. The Morgan fingerprint density at radius 2 is 2.31 bits per heavy atom. The molecular formula is C7H9N3O3. The fourth-order valence-corrected chi connectivity index (χ4v) is 0.759. The first-order chi connectivity index (χ1) is 6.11. The third-order valence-electron chi connectivity index (χ3n) is 1.49. The molecule has 0 saturated carbocycles. The summed E-state index contributed by atoms with van der Waals surface area (Å²) in [5.74, 6) is -0.331. The SMILES string of the molecule is CN(CC(=O)n1ccnc1)C(=O)O. The molecule has 0 aliphatic rings. The Morgan fingerprint density at radius 1 is 1.62 bits per heavy atom. The van der Waals surface area contributed by atoms with Crippen LogP contribution in [-0.2, 0) is 0 Å². The quantitative estimate of drug-likeness (QED) is 0.707. The molecular weight excluding hydrogens is 174 g/mol. The van der Waals surface area contributed by atoms with E-state index in [1.165, 1.54) is 30.3 Å². The number of amides is 1. The lowest BCUT2D eigenvalue weighted by atomic mass is 10.5. The second-order valence-electron chi connectivity index (χ2n) is 2.50. The number of imidazole rings is 1. The van der Waals surface area contributed by atoms with E-state index in [0.29, 0.717) is 0 Å². The number of hydrogen-bond acceptors (Lipinski definition) is 3. The first kappa shape index (κ1) is 9.24. The second kappa shape index (κ2) is 3.70. The van der Waals surface area contributed by atoms with Crippen LogP contribution in [0.2, 0.25) is 0 Å². The van der Waals surface area contributed by atoms with Crippen molar-refractivity contribution in [2.45, 2.75) is 0 Å². The van der Waals surface area contributed by atoms with Crippen LogP contribution in [0.3, 0.4) is 0 Å². The van der Waals surface area contributed by atoms with Gasteiger partial charge >= 0.3 is 6.09 Å². The third-order valence-corrected chi connectivity index (χ3v) is 1.49. The number of carbonyl (C=O) groups is 2. The van der Waals surface area contributed by atoms with E-state index >= 15 is 0 Å². The van der Waals surface area contributed by atoms with E-state index < -0.39 is 6.09 Å². The predicted octanol–water partition coefficient (Wildman–Crippen LogP) is 0.133. The lowest BCUT2D eigenvalue weighted by Crippen LogP contribution is -2.32. The molecule has 1 N–H and O–H groups in total. The van der Waals surface area contributed by atoms with E-state index in [0.717, 1.165) is 4.90 Å². The normalized spacial score (nSPS) is 9.62. The average molecular weight is 183 g/mol. The molecule has 1 aromatic heterocycles. The van der Waals surface area contributed by atoms with Gasteiger partial charge in [-0.1, -0.05) is 0 Å². The zero-order valence-corrected chi connectivity index (χ0v) is 7.04. The predicted molar refractivity (Wildman–Crippen MR) is 43.5 cm³/mol. The Bertz CT molecular complexity index is 307. The Labute approximate surface area is 74.4 Å². The van der Waals surface area contributed by atoms with Gasteiger partial charge in [-0.15, -0.1) is 0 Å². The van der Waals surface area contributed by atoms with E-state index in [-0.39, 0.29) is 12.5 Å². The summed E-state index contributed by atoms with van der Waals surface area (Å²) in [6.45, 7) is -0.175. The molecule has 0 spiro atoms. The summed E-state index contributed by atoms with van der Waals surface area (Å²) in [6.07, 6.45) is 3.13. The number of likely N-dealkylation sites (N-methyl/N-ethyl adjacent to an activating group) is 1. The number of carbonyl (C=O) groups excluding carboxylic acids is 1. The van der Waals surface area contributed by atoms with E-state index in [1.807, 2.05) is 0 Å². The van der Waals surface area contributed by atoms with Crippen LogP contribution in [0.15, 0.2) is 18.7 Å². The van der Waals surface area contributed by atoms with Crippen molar-refractivity contribution in [2.24, 2.45) is 0 Å². The standard InChI is InChI=1S/C7H9N3O3/c1-9(7(12)13)4-6(11)10-3-2-8-5-10/h2-3,5H,4H2,1H3,(H,12,13). The molecule has 0 fully saturated rings. The van der Waals surface area contributed by atoms with Crippen molar-refractivity contribution in [3.05, 3.63) is 18.7 Å². The van der Waals surface area contributed by atoms with Crippen molar-refractivity contribution >= 4 is 12.0 Å². The summed E-state index contributed by atoms with van der Waals surface area (Å²) in [6, 6.07) is 0. The smallest absolute Gasteiger partial charge is 0.407 e. The highest BCUT2D eigenvalue weighted by Gasteiger charge is 2.11. The number of rotatable bonds is 2. The minimum Gasteiger partial charge on any atom is -0.465 e. The van der Waals surface area contributed by atoms with E-state index in [9.17, 15) is 9.59 Å². The summed E-state index contributed by atoms with van der Waals surface area (Å²) in [5, 5.41) is 8.48. The highest BCUT2D eigenvalue weighted by Crippen LogP contribution is 1.90. The minimum atomic E-state index is -1.13. The van der Waals surface area contributed by atoms with Gasteiger partial charge in [0.25, 0.3) is 5.91 Å². The molecule has 6 heteroatoms. The Kier molecular flexibility index (Phi) is 2.63. The topological polar surface area (TPSA) is 75.4 Å². The molecule has 70 valence electrons. The molecule has 6 nitrogen and oxygen atoms in total. The molecule has 0 aliphatic carbocycles. The van der Waals surface area contributed by atoms with Crippen LogP contribution < -0.4 is 0 Å². The maximum atomic E-state index is 11.2. The lowest BCUT2D eigenvalue weighted by molar-refractivity contribution is 0.0850. The van der Waals surface area contributed by atoms with Gasteiger partial charge < -0.3 is 10.0 Å². The van der Waals surface area contributed by atoms with Crippen molar-refractivity contribution < 1.29 is 14.7 Å². The van der Waals surface area contributed by atoms with Crippen molar-refractivity contribution in [1.29, 1.82) is 0 Å². The highest BCUT2D eigenvalue weighted by molar-refractivity contribution is 5.83. The van der Waals surface area contributed by atoms with Crippen molar-refractivity contribution in [1.82, 2.24) is 14.5 Å². The molecule has 1 heterocycles. The lowest BCUT2D eigenvalue weighted by Gasteiger charge is -2.11. The number of nitrogens with zero attached hydrogens (tertiary/aromatic N) is 3. The Morgan fingerprint density at radius 3 is 2.77 bits per heavy atom. The van der Waals surface area contributed by atoms with Gasteiger partial charge in [-0.05, 0) is 0 Å². The van der Waals surface area contributed by atoms with Gasteiger partial charge in [0, 0.05) is 19.4 Å². The molecule has 0 radical (unpaired) electrons. The van der Waals surface area contributed by atoms with Crippen molar-refractivity contribution in [3.8, 4) is 0 Å². The summed E-state index contributed by atoms with van der Waals surface area (Å²) in [7, 11) is 1.33. The van der Waals surface area contributed by atoms with Crippen molar-refractivity contribution in [2.75, 3.05) is 13.6 Å². The van der Waals surface area contributed by atoms with Gasteiger partial charge in [0.05, 0.1) is 0 Å². The van der Waals surface area contributed by atoms with Gasteiger partial charge in [-0.3, -0.25) is 9.36 Å². The fraction of sp³-hybridized carbons (Fsp3) is 0.286. The average Bonchev–Trinajstić information content (AvgIpc) is 2.55. The second-order valence-corrected chi connectivity index (χ2v) is 2.50. The van der Waals surface area contributed by atoms with Crippen LogP contribution in [0.5, 0.6) is 0 Å². The summed E-state index contributed by atoms with van der Waals surface area (Å²) in [5.41, 5.74) is 0. The Hall–Kier alpha value is -1.85. The molecule has 0 atom stereocenters. The van der Waals surface area contributed by atoms with Gasteiger partial charge in [0.2, 0.25) is 0 Å². The molecule has 1 aromatic rings. The monoisotopic (exact) mass is 183 g/mol. The minimum absolute atomic E-state index is 0.175. The van der Waals surface area contributed by atoms with Crippen LogP contribution in [0.4, 0.5) is 4.79 Å². The summed E-state index contributed by atoms with van der Waals surface area (Å²) >= 11 is 0. The number of aromatic nitrogens is 2. The number of hydrogen-bond donors (Lipinski definition) is 1. The molecule has 0 bridgehead atoms. The molecule has 0 saturated heterocycles. The van der Waals surface area contributed by atoms with Crippen molar-refractivity contribution in [3.63, 3.8) is 0 Å². The molecule has 1 rings (SSSR count). The van der Waals surface area contributed by atoms with Gasteiger partial charge in [-0.2, -0.15) is 0 Å². The maximum absolute atomic E-state index is 11.2. The zero-order chi connectivity index (χ0) is 9.84. The molecule has 0 aliphatic heterocycles. The molecule has 13 heavy (non-hydrogen) atoms. The van der Waals surface area contributed by atoms with E-state index in [4.69, 9.17) is 5.11 Å². The highest BCUT2D eigenvalue weighted by atomic mass is 16.4. The van der Waals surface area contributed by atoms with Crippen LogP contribution in [-0.4, -0.2) is 45.2 Å². The fourth-order valence-electron chi connectivity index (χ4n) is 0.759. The van der Waals surface area contributed by atoms with E-state index in [1.54, 1.807) is 0 Å². The van der Waals surface area contributed by atoms with Gasteiger partial charge in [-0.25, -0.2) is 9.78 Å². The molecule has 0 aromatic carbocycles. The summed E-state index contributed by atoms with van der Waals surface area (Å²) < 4.78 is 1.24. The first-order valence-corrected chi connectivity index (χ1v) is 3.56. The number of carboxylic acid groups (broad SMARTS) is 1. The maximum Gasteiger partial charge on any atom is 0.407 e. The van der Waals surface area contributed by atoms with Gasteiger partial charge in [0.1, 0.15) is 12.9 Å². The van der Waals surface area contributed by atoms with Crippen LogP contribution >= 0.6 is 0 Å². The summed E-state index contributed by atoms with van der Waals surface area (Å²) in [4.78, 5) is 26.2. The van der Waals surface area contributed by atoms with Gasteiger partial charge in [0.15, 0.2) is 0 Å². The first-order valence-electron chi connectivity index (χ1n) is 3.56. The Balaban J connectivity index is 2.56. The molecule has 1 amide bonds. The van der Waals surface area contributed by atoms with Crippen LogP contribution in [0.25, 0.3) is 0 Å². The third kappa shape index (κ3) is 2.29. The van der Waals surface area contributed by atoms with Crippen LogP contribution in [0.1, 0.15) is 4.79 Å². The van der Waals surface area contributed by atoms with E-state index in [2.05, 4.69) is 4.98 Å².